The SMILES string of the molecule is Cc1cc(-c2nc3ncc(Br)cc3[nH]2)c(C)n1-c1ccc2c(c1)OCO2. The van der Waals surface area contributed by atoms with Gasteiger partial charge in [-0.15, -0.1) is 0 Å². The molecular formula is C19H15BrN4O2. The summed E-state index contributed by atoms with van der Waals surface area (Å²) >= 11 is 3.45. The Labute approximate surface area is 157 Å². The Morgan fingerprint density at radius 2 is 1.96 bits per heavy atom. The van der Waals surface area contributed by atoms with E-state index in [-0.39, 0.29) is 6.79 Å². The third kappa shape index (κ3) is 2.31. The van der Waals surface area contributed by atoms with Crippen molar-refractivity contribution in [3.63, 3.8) is 0 Å². The van der Waals surface area contributed by atoms with Gasteiger partial charge in [-0.3, -0.25) is 0 Å². The maximum atomic E-state index is 5.52. The molecule has 0 saturated carbocycles. The van der Waals surface area contributed by atoms with Crippen molar-refractivity contribution in [3.05, 3.63) is 52.4 Å². The van der Waals surface area contributed by atoms with E-state index in [4.69, 9.17) is 9.47 Å². The molecule has 26 heavy (non-hydrogen) atoms. The van der Waals surface area contributed by atoms with Crippen molar-refractivity contribution >= 4 is 27.1 Å². The quantitative estimate of drug-likeness (QED) is 0.527. The van der Waals surface area contributed by atoms with Gasteiger partial charge in [-0.2, -0.15) is 0 Å². The van der Waals surface area contributed by atoms with Crippen LogP contribution in [0.15, 0.2) is 41.0 Å². The molecule has 1 aliphatic rings. The number of hydrogen-bond donors (Lipinski definition) is 1. The summed E-state index contributed by atoms with van der Waals surface area (Å²) in [5.41, 5.74) is 5.91. The standard InChI is InChI=1S/C19H15BrN4O2/c1-10-5-14(18-22-15-6-12(20)8-21-19(15)23-18)11(2)24(10)13-3-4-16-17(7-13)26-9-25-16/h3-8H,9H2,1-2H3,(H,21,22,23). The van der Waals surface area contributed by atoms with Crippen LogP contribution in [0, 0.1) is 13.8 Å². The molecule has 4 heterocycles. The summed E-state index contributed by atoms with van der Waals surface area (Å²) in [6, 6.07) is 10.1. The van der Waals surface area contributed by atoms with E-state index in [0.717, 1.165) is 50.0 Å². The molecule has 0 fully saturated rings. The highest BCUT2D eigenvalue weighted by atomic mass is 79.9. The fourth-order valence-corrected chi connectivity index (χ4v) is 3.76. The maximum Gasteiger partial charge on any atom is 0.231 e. The van der Waals surface area contributed by atoms with Gasteiger partial charge >= 0.3 is 0 Å². The summed E-state index contributed by atoms with van der Waals surface area (Å²) in [5.74, 6) is 2.37. The zero-order valence-electron chi connectivity index (χ0n) is 14.2. The lowest BCUT2D eigenvalue weighted by Gasteiger charge is -2.10. The van der Waals surface area contributed by atoms with E-state index in [1.165, 1.54) is 0 Å². The number of pyridine rings is 1. The fraction of sp³-hybridized carbons (Fsp3) is 0.158. The zero-order chi connectivity index (χ0) is 17.8. The predicted molar refractivity (Wildman–Crippen MR) is 102 cm³/mol. The number of aromatic nitrogens is 4. The number of nitrogens with zero attached hydrogens (tertiary/aromatic N) is 3. The number of rotatable bonds is 2. The van der Waals surface area contributed by atoms with Crippen LogP contribution in [0.3, 0.4) is 0 Å². The summed E-state index contributed by atoms with van der Waals surface area (Å²) in [7, 11) is 0. The molecule has 3 aromatic heterocycles. The maximum absolute atomic E-state index is 5.52. The van der Waals surface area contributed by atoms with Crippen LogP contribution < -0.4 is 9.47 Å². The molecule has 0 unspecified atom stereocenters. The van der Waals surface area contributed by atoms with Gasteiger partial charge in [-0.25, -0.2) is 9.97 Å². The van der Waals surface area contributed by atoms with Gasteiger partial charge in [-0.05, 0) is 54.0 Å². The van der Waals surface area contributed by atoms with E-state index in [9.17, 15) is 0 Å². The van der Waals surface area contributed by atoms with E-state index in [1.807, 2.05) is 24.3 Å². The smallest absolute Gasteiger partial charge is 0.231 e. The van der Waals surface area contributed by atoms with E-state index >= 15 is 0 Å². The third-order valence-electron chi connectivity index (χ3n) is 4.60. The molecule has 130 valence electrons. The Balaban J connectivity index is 1.64. The minimum atomic E-state index is 0.273. The van der Waals surface area contributed by atoms with Crippen LogP contribution in [-0.4, -0.2) is 26.3 Å². The summed E-state index contributed by atoms with van der Waals surface area (Å²) in [5, 5.41) is 0. The monoisotopic (exact) mass is 410 g/mol. The lowest BCUT2D eigenvalue weighted by molar-refractivity contribution is 0.174. The zero-order valence-corrected chi connectivity index (χ0v) is 15.8. The van der Waals surface area contributed by atoms with Gasteiger partial charge in [0, 0.05) is 39.4 Å². The van der Waals surface area contributed by atoms with Crippen LogP contribution >= 0.6 is 15.9 Å². The Kier molecular flexibility index (Phi) is 3.33. The molecule has 5 rings (SSSR count). The number of halogens is 1. The van der Waals surface area contributed by atoms with Gasteiger partial charge in [0.25, 0.3) is 0 Å². The highest BCUT2D eigenvalue weighted by molar-refractivity contribution is 9.10. The number of ether oxygens (including phenoxy) is 2. The molecule has 0 amide bonds. The van der Waals surface area contributed by atoms with Gasteiger partial charge < -0.3 is 19.0 Å². The molecule has 1 aliphatic heterocycles. The van der Waals surface area contributed by atoms with E-state index in [1.54, 1.807) is 6.20 Å². The second-order valence-electron chi connectivity index (χ2n) is 6.27. The van der Waals surface area contributed by atoms with Crippen LogP contribution in [0.2, 0.25) is 0 Å². The number of H-pyrrole nitrogens is 1. The molecule has 1 N–H and O–H groups in total. The van der Waals surface area contributed by atoms with Gasteiger partial charge in [0.1, 0.15) is 5.82 Å². The molecule has 6 nitrogen and oxygen atoms in total. The van der Waals surface area contributed by atoms with Crippen molar-refractivity contribution in [2.45, 2.75) is 13.8 Å². The molecule has 0 saturated heterocycles. The van der Waals surface area contributed by atoms with E-state index in [2.05, 4.69) is 55.4 Å². The molecule has 0 atom stereocenters. The molecule has 0 aliphatic carbocycles. The van der Waals surface area contributed by atoms with E-state index in [0.29, 0.717) is 5.65 Å². The number of nitrogens with one attached hydrogen (secondary N) is 1. The van der Waals surface area contributed by atoms with E-state index < -0.39 is 0 Å². The lowest BCUT2D eigenvalue weighted by atomic mass is 10.2. The van der Waals surface area contributed by atoms with Crippen molar-refractivity contribution < 1.29 is 9.47 Å². The predicted octanol–water partition coefficient (Wildman–Crippen LogP) is 4.52. The highest BCUT2D eigenvalue weighted by Gasteiger charge is 2.19. The van der Waals surface area contributed by atoms with Gasteiger partial charge in [-0.1, -0.05) is 0 Å². The summed E-state index contributed by atoms with van der Waals surface area (Å²) in [6.45, 7) is 4.44. The Morgan fingerprint density at radius 3 is 2.85 bits per heavy atom. The second kappa shape index (κ2) is 5.60. The first-order valence-corrected chi connectivity index (χ1v) is 9.00. The molecule has 1 aromatic carbocycles. The molecule has 0 spiro atoms. The van der Waals surface area contributed by atoms with Crippen molar-refractivity contribution in [3.8, 4) is 28.6 Å². The van der Waals surface area contributed by atoms with Gasteiger partial charge in [0.15, 0.2) is 17.1 Å². The van der Waals surface area contributed by atoms with Gasteiger partial charge in [0.05, 0.1) is 5.52 Å². The third-order valence-corrected chi connectivity index (χ3v) is 5.04. The topological polar surface area (TPSA) is 65.0 Å². The first kappa shape index (κ1) is 15.5. The van der Waals surface area contributed by atoms with Gasteiger partial charge in [0.2, 0.25) is 6.79 Å². The van der Waals surface area contributed by atoms with Crippen LogP contribution in [0.5, 0.6) is 11.5 Å². The van der Waals surface area contributed by atoms with Crippen molar-refractivity contribution in [1.82, 2.24) is 19.5 Å². The number of imidazole rings is 1. The second-order valence-corrected chi connectivity index (χ2v) is 7.18. The Bertz CT molecular complexity index is 1160. The minimum absolute atomic E-state index is 0.273. The number of benzene rings is 1. The average molecular weight is 411 g/mol. The number of hydrogen-bond acceptors (Lipinski definition) is 4. The van der Waals surface area contributed by atoms with Crippen LogP contribution in [0.4, 0.5) is 0 Å². The van der Waals surface area contributed by atoms with Crippen molar-refractivity contribution in [2.24, 2.45) is 0 Å². The Hall–Kier alpha value is -2.80. The molecule has 4 aromatic rings. The number of fused-ring (bicyclic) bond motifs is 2. The largest absolute Gasteiger partial charge is 0.454 e. The molecule has 0 radical (unpaired) electrons. The Morgan fingerprint density at radius 1 is 1.12 bits per heavy atom. The first-order chi connectivity index (χ1) is 12.6. The minimum Gasteiger partial charge on any atom is -0.454 e. The normalized spacial score (nSPS) is 12.9. The molecular weight excluding hydrogens is 396 g/mol. The molecule has 7 heteroatoms. The summed E-state index contributed by atoms with van der Waals surface area (Å²) in [6.07, 6.45) is 1.75. The highest BCUT2D eigenvalue weighted by Crippen LogP contribution is 2.36. The molecule has 0 bridgehead atoms. The van der Waals surface area contributed by atoms with Crippen LogP contribution in [0.1, 0.15) is 11.4 Å². The lowest BCUT2D eigenvalue weighted by Crippen LogP contribution is -1.99. The van der Waals surface area contributed by atoms with Crippen LogP contribution in [0.25, 0.3) is 28.2 Å². The van der Waals surface area contributed by atoms with Crippen molar-refractivity contribution in [2.75, 3.05) is 6.79 Å². The summed E-state index contributed by atoms with van der Waals surface area (Å²) < 4.78 is 14.0. The van der Waals surface area contributed by atoms with Crippen molar-refractivity contribution in [1.29, 1.82) is 0 Å². The average Bonchev–Trinajstić information content (AvgIpc) is 3.30. The number of aromatic amines is 1. The first-order valence-electron chi connectivity index (χ1n) is 8.21. The fourth-order valence-electron chi connectivity index (χ4n) is 3.43. The van der Waals surface area contributed by atoms with Crippen LogP contribution in [-0.2, 0) is 0 Å². The number of aryl methyl sites for hydroxylation is 1. The summed E-state index contributed by atoms with van der Waals surface area (Å²) in [4.78, 5) is 12.4.